The van der Waals surface area contributed by atoms with Crippen LogP contribution in [0.4, 0.5) is 0 Å². The predicted octanol–water partition coefficient (Wildman–Crippen LogP) is 3.10. The lowest BCUT2D eigenvalue weighted by atomic mass is 9.85. The Bertz CT molecular complexity index is 663. The highest BCUT2D eigenvalue weighted by molar-refractivity contribution is 5.83. The topological polar surface area (TPSA) is 59.8 Å². The van der Waals surface area contributed by atoms with Crippen LogP contribution in [0.3, 0.4) is 0 Å². The summed E-state index contributed by atoms with van der Waals surface area (Å²) in [7, 11) is 0. The first-order chi connectivity index (χ1) is 11.7. The molecule has 0 aliphatic heterocycles. The Morgan fingerprint density at radius 1 is 1.33 bits per heavy atom. The third kappa shape index (κ3) is 3.83. The molecule has 1 aliphatic carbocycles. The van der Waals surface area contributed by atoms with Gasteiger partial charge in [0.25, 0.3) is 0 Å². The van der Waals surface area contributed by atoms with Gasteiger partial charge in [-0.3, -0.25) is 4.79 Å². The van der Waals surface area contributed by atoms with Gasteiger partial charge in [-0.2, -0.15) is 0 Å². The number of aromatic nitrogens is 3. The molecule has 1 N–H and O–H groups in total. The molecule has 5 nitrogen and oxygen atoms in total. The highest BCUT2D eigenvalue weighted by atomic mass is 16.1. The largest absolute Gasteiger partial charge is 0.355 e. The van der Waals surface area contributed by atoms with Gasteiger partial charge in [0.15, 0.2) is 0 Å². The Morgan fingerprint density at radius 2 is 2.08 bits per heavy atom. The van der Waals surface area contributed by atoms with Crippen LogP contribution in [0, 0.1) is 5.92 Å². The quantitative estimate of drug-likeness (QED) is 0.811. The summed E-state index contributed by atoms with van der Waals surface area (Å²) in [6.45, 7) is 4.87. The SMILES string of the molecule is CC[C@H](C)[C@H](C(=O)NCCc1nncn1C1CC1)c1ccccc1. The summed E-state index contributed by atoms with van der Waals surface area (Å²) in [6, 6.07) is 10.6. The number of carbonyl (C=O) groups excluding carboxylic acids is 1. The van der Waals surface area contributed by atoms with Crippen molar-refractivity contribution in [2.75, 3.05) is 6.54 Å². The van der Waals surface area contributed by atoms with Crippen LogP contribution in [0.1, 0.15) is 56.5 Å². The standard InChI is InChI=1S/C19H26N4O/c1-3-14(2)18(15-7-5-4-6-8-15)19(24)20-12-11-17-22-21-13-23(17)16-9-10-16/h4-8,13-14,16,18H,3,9-12H2,1-2H3,(H,20,24)/t14-,18-/m0/s1. The number of hydrogen-bond donors (Lipinski definition) is 1. The van der Waals surface area contributed by atoms with Gasteiger partial charge >= 0.3 is 0 Å². The third-order valence-corrected chi connectivity index (χ3v) is 4.89. The molecule has 1 saturated carbocycles. The van der Waals surface area contributed by atoms with Crippen LogP contribution in [0.25, 0.3) is 0 Å². The highest BCUT2D eigenvalue weighted by Gasteiger charge is 2.27. The van der Waals surface area contributed by atoms with Gasteiger partial charge in [-0.1, -0.05) is 50.6 Å². The number of hydrogen-bond acceptors (Lipinski definition) is 3. The summed E-state index contributed by atoms with van der Waals surface area (Å²) in [5.41, 5.74) is 1.09. The van der Waals surface area contributed by atoms with Crippen molar-refractivity contribution in [3.8, 4) is 0 Å². The minimum atomic E-state index is -0.0995. The maximum absolute atomic E-state index is 12.7. The average Bonchev–Trinajstić information content (AvgIpc) is 3.35. The zero-order valence-corrected chi connectivity index (χ0v) is 14.5. The van der Waals surface area contributed by atoms with Crippen molar-refractivity contribution in [2.24, 2.45) is 5.92 Å². The Hall–Kier alpha value is -2.17. The van der Waals surface area contributed by atoms with Gasteiger partial charge in [-0.25, -0.2) is 0 Å². The summed E-state index contributed by atoms with van der Waals surface area (Å²) in [5.74, 6) is 1.28. The zero-order valence-electron chi connectivity index (χ0n) is 14.5. The van der Waals surface area contributed by atoms with E-state index < -0.39 is 0 Å². The van der Waals surface area contributed by atoms with Gasteiger partial charge in [0, 0.05) is 19.0 Å². The molecule has 0 radical (unpaired) electrons. The van der Waals surface area contributed by atoms with Crippen molar-refractivity contribution in [1.29, 1.82) is 0 Å². The van der Waals surface area contributed by atoms with E-state index in [0.29, 0.717) is 18.5 Å². The van der Waals surface area contributed by atoms with Crippen LogP contribution in [0.2, 0.25) is 0 Å². The fourth-order valence-electron chi connectivity index (χ4n) is 3.15. The van der Waals surface area contributed by atoms with Crippen molar-refractivity contribution in [3.05, 3.63) is 48.0 Å². The monoisotopic (exact) mass is 326 g/mol. The molecule has 0 spiro atoms. The molecule has 2 aromatic rings. The second-order valence-corrected chi connectivity index (χ2v) is 6.70. The maximum atomic E-state index is 12.7. The molecule has 1 aliphatic rings. The van der Waals surface area contributed by atoms with Crippen molar-refractivity contribution >= 4 is 5.91 Å². The lowest BCUT2D eigenvalue weighted by Gasteiger charge is -2.22. The Kier molecular flexibility index (Phi) is 5.28. The Morgan fingerprint density at radius 3 is 2.75 bits per heavy atom. The van der Waals surface area contributed by atoms with Gasteiger partial charge in [-0.15, -0.1) is 10.2 Å². The van der Waals surface area contributed by atoms with E-state index in [1.54, 1.807) is 6.33 Å². The van der Waals surface area contributed by atoms with E-state index in [2.05, 4.69) is 33.9 Å². The molecule has 3 rings (SSSR count). The summed E-state index contributed by atoms with van der Waals surface area (Å²) in [6.07, 6.45) is 5.93. The van der Waals surface area contributed by atoms with Crippen molar-refractivity contribution < 1.29 is 4.79 Å². The molecule has 0 saturated heterocycles. The van der Waals surface area contributed by atoms with E-state index in [4.69, 9.17) is 0 Å². The molecule has 0 bridgehead atoms. The Labute approximate surface area is 143 Å². The average molecular weight is 326 g/mol. The molecule has 1 fully saturated rings. The van der Waals surface area contributed by atoms with Crippen LogP contribution in [0.5, 0.6) is 0 Å². The van der Waals surface area contributed by atoms with Crippen LogP contribution in [-0.2, 0) is 11.2 Å². The number of benzene rings is 1. The maximum Gasteiger partial charge on any atom is 0.227 e. The minimum absolute atomic E-state index is 0.0995. The number of nitrogens with zero attached hydrogens (tertiary/aromatic N) is 3. The van der Waals surface area contributed by atoms with E-state index in [-0.39, 0.29) is 11.8 Å². The van der Waals surface area contributed by atoms with E-state index >= 15 is 0 Å². The van der Waals surface area contributed by atoms with Gasteiger partial charge in [-0.05, 0) is 24.3 Å². The van der Waals surface area contributed by atoms with Gasteiger partial charge < -0.3 is 9.88 Å². The third-order valence-electron chi connectivity index (χ3n) is 4.89. The number of rotatable bonds is 8. The van der Waals surface area contributed by atoms with E-state index in [9.17, 15) is 4.79 Å². The normalized spacial score (nSPS) is 16.6. The predicted molar refractivity (Wildman–Crippen MR) is 93.6 cm³/mol. The second kappa shape index (κ2) is 7.60. The van der Waals surface area contributed by atoms with Crippen LogP contribution < -0.4 is 5.32 Å². The lowest BCUT2D eigenvalue weighted by Crippen LogP contribution is -2.34. The molecule has 5 heteroatoms. The molecular formula is C19H26N4O. The van der Waals surface area contributed by atoms with Crippen molar-refractivity contribution in [2.45, 2.75) is 51.5 Å². The van der Waals surface area contributed by atoms with Crippen molar-refractivity contribution in [1.82, 2.24) is 20.1 Å². The molecular weight excluding hydrogens is 300 g/mol. The molecule has 1 heterocycles. The van der Waals surface area contributed by atoms with E-state index in [0.717, 1.165) is 24.2 Å². The van der Waals surface area contributed by atoms with Crippen LogP contribution >= 0.6 is 0 Å². The zero-order chi connectivity index (χ0) is 16.9. The summed E-state index contributed by atoms with van der Waals surface area (Å²) < 4.78 is 2.15. The summed E-state index contributed by atoms with van der Waals surface area (Å²) in [4.78, 5) is 12.7. The lowest BCUT2D eigenvalue weighted by molar-refractivity contribution is -0.123. The van der Waals surface area contributed by atoms with Crippen LogP contribution in [0.15, 0.2) is 36.7 Å². The molecule has 1 amide bonds. The highest BCUT2D eigenvalue weighted by Crippen LogP contribution is 2.35. The van der Waals surface area contributed by atoms with Crippen molar-refractivity contribution in [3.63, 3.8) is 0 Å². The van der Waals surface area contributed by atoms with E-state index in [1.807, 2.05) is 30.3 Å². The molecule has 128 valence electrons. The number of nitrogens with one attached hydrogen (secondary N) is 1. The smallest absolute Gasteiger partial charge is 0.227 e. The van der Waals surface area contributed by atoms with Gasteiger partial charge in [0.05, 0.1) is 5.92 Å². The van der Waals surface area contributed by atoms with Gasteiger partial charge in [0.1, 0.15) is 12.2 Å². The second-order valence-electron chi connectivity index (χ2n) is 6.70. The van der Waals surface area contributed by atoms with Gasteiger partial charge in [0.2, 0.25) is 5.91 Å². The molecule has 24 heavy (non-hydrogen) atoms. The Balaban J connectivity index is 1.60. The first-order valence-electron chi connectivity index (χ1n) is 8.91. The number of amides is 1. The van der Waals surface area contributed by atoms with E-state index in [1.165, 1.54) is 12.8 Å². The number of carbonyl (C=O) groups is 1. The minimum Gasteiger partial charge on any atom is -0.355 e. The molecule has 0 unspecified atom stereocenters. The molecule has 1 aromatic carbocycles. The summed E-state index contributed by atoms with van der Waals surface area (Å²) in [5, 5.41) is 11.3. The molecule has 1 aromatic heterocycles. The fraction of sp³-hybridized carbons (Fsp3) is 0.526. The first-order valence-corrected chi connectivity index (χ1v) is 8.91. The molecule has 2 atom stereocenters. The first kappa shape index (κ1) is 16.7. The summed E-state index contributed by atoms with van der Waals surface area (Å²) >= 11 is 0. The fourth-order valence-corrected chi connectivity index (χ4v) is 3.15. The van der Waals surface area contributed by atoms with Crippen LogP contribution in [-0.4, -0.2) is 27.2 Å².